The maximum atomic E-state index is 11.9. The average Bonchev–Trinajstić information content (AvgIpc) is 2.59. The van der Waals surface area contributed by atoms with Crippen LogP contribution in [0.5, 0.6) is 0 Å². The molecule has 5 N–H and O–H groups in total. The van der Waals surface area contributed by atoms with Gasteiger partial charge in [0.1, 0.15) is 0 Å². The number of Topliss-reactive ketones (excluding diaryl/α,β-unsaturated/α-hetero) is 1. The number of carboxylic acid groups (broad SMARTS) is 2. The van der Waals surface area contributed by atoms with E-state index in [1.165, 1.54) is 0 Å². The number of hydrogen-bond acceptors (Lipinski definition) is 5. The maximum Gasteiger partial charge on any atom is 0.303 e. The summed E-state index contributed by atoms with van der Waals surface area (Å²) in [6, 6.07) is -0.825. The zero-order valence-electron chi connectivity index (χ0n) is 15.4. The summed E-state index contributed by atoms with van der Waals surface area (Å²) in [7, 11) is 0. The molecule has 1 amide bonds. The summed E-state index contributed by atoms with van der Waals surface area (Å²) < 4.78 is 0. The Balaban J connectivity index is 3.74. The van der Waals surface area contributed by atoms with Crippen molar-refractivity contribution in [2.75, 3.05) is 6.54 Å². The molecule has 0 aliphatic rings. The average molecular weight is 372 g/mol. The Morgan fingerprint density at radius 3 is 1.65 bits per heavy atom. The van der Waals surface area contributed by atoms with E-state index < -0.39 is 18.0 Å². The van der Waals surface area contributed by atoms with E-state index in [4.69, 9.17) is 15.9 Å². The number of unbranched alkanes of at least 4 members (excludes halogenated alkanes) is 7. The zero-order chi connectivity index (χ0) is 19.8. The Morgan fingerprint density at radius 2 is 1.19 bits per heavy atom. The standard InChI is InChI=1S/C18H32N2O6/c19-13-15(21)14(11-12-18(25)26)20-16(22)9-7-5-3-1-2-4-6-8-10-17(23)24/h14H,1-13,19H2,(H,20,22)(H,23,24)(H,25,26)/t14-/m0/s1. The summed E-state index contributed by atoms with van der Waals surface area (Å²) in [5, 5.41) is 19.8. The molecule has 150 valence electrons. The summed E-state index contributed by atoms with van der Waals surface area (Å²) in [6.45, 7) is -0.225. The lowest BCUT2D eigenvalue weighted by Gasteiger charge is -2.16. The minimum Gasteiger partial charge on any atom is -0.481 e. The van der Waals surface area contributed by atoms with Crippen LogP contribution in [0.1, 0.15) is 77.0 Å². The predicted octanol–water partition coefficient (Wildman–Crippen LogP) is 1.85. The molecule has 0 unspecified atom stereocenters. The predicted molar refractivity (Wildman–Crippen MR) is 96.7 cm³/mol. The van der Waals surface area contributed by atoms with Crippen LogP contribution in [-0.4, -0.2) is 46.4 Å². The molecule has 26 heavy (non-hydrogen) atoms. The van der Waals surface area contributed by atoms with Crippen LogP contribution in [0.3, 0.4) is 0 Å². The van der Waals surface area contributed by atoms with E-state index >= 15 is 0 Å². The molecule has 0 fully saturated rings. The highest BCUT2D eigenvalue weighted by atomic mass is 16.4. The molecule has 0 radical (unpaired) electrons. The van der Waals surface area contributed by atoms with E-state index in [9.17, 15) is 19.2 Å². The molecule has 8 heteroatoms. The van der Waals surface area contributed by atoms with Crippen LogP contribution < -0.4 is 11.1 Å². The number of carbonyl (C=O) groups is 4. The van der Waals surface area contributed by atoms with E-state index in [0.717, 1.165) is 44.9 Å². The van der Waals surface area contributed by atoms with Crippen LogP contribution in [-0.2, 0) is 19.2 Å². The molecule has 0 saturated carbocycles. The van der Waals surface area contributed by atoms with Crippen LogP contribution in [0.4, 0.5) is 0 Å². The first kappa shape index (κ1) is 24.0. The van der Waals surface area contributed by atoms with Gasteiger partial charge < -0.3 is 21.3 Å². The molecule has 0 aromatic rings. The maximum absolute atomic E-state index is 11.9. The summed E-state index contributed by atoms with van der Waals surface area (Å²) in [6.07, 6.45) is 7.84. The normalized spacial score (nSPS) is 11.7. The van der Waals surface area contributed by atoms with Gasteiger partial charge in [0.15, 0.2) is 5.78 Å². The highest BCUT2D eigenvalue weighted by molar-refractivity contribution is 5.90. The Bertz CT molecular complexity index is 453. The van der Waals surface area contributed by atoms with Crippen LogP contribution in [0.15, 0.2) is 0 Å². The van der Waals surface area contributed by atoms with E-state index in [0.29, 0.717) is 12.8 Å². The Labute approximate surface area is 154 Å². The van der Waals surface area contributed by atoms with Crippen molar-refractivity contribution in [1.82, 2.24) is 5.32 Å². The number of amides is 1. The van der Waals surface area contributed by atoms with E-state index in [2.05, 4.69) is 5.32 Å². The van der Waals surface area contributed by atoms with Gasteiger partial charge in [-0.1, -0.05) is 38.5 Å². The molecule has 0 bridgehead atoms. The molecule has 0 aromatic carbocycles. The van der Waals surface area contributed by atoms with Gasteiger partial charge in [-0.3, -0.25) is 19.2 Å². The molecule has 0 aromatic heterocycles. The van der Waals surface area contributed by atoms with Crippen molar-refractivity contribution in [1.29, 1.82) is 0 Å². The third-order valence-corrected chi connectivity index (χ3v) is 4.12. The fourth-order valence-electron chi connectivity index (χ4n) is 2.61. The van der Waals surface area contributed by atoms with Gasteiger partial charge in [-0.05, 0) is 19.3 Å². The molecule has 0 saturated heterocycles. The van der Waals surface area contributed by atoms with Crippen LogP contribution in [0.25, 0.3) is 0 Å². The van der Waals surface area contributed by atoms with Crippen molar-refractivity contribution >= 4 is 23.6 Å². The zero-order valence-corrected chi connectivity index (χ0v) is 15.4. The van der Waals surface area contributed by atoms with Crippen molar-refractivity contribution in [3.63, 3.8) is 0 Å². The molecule has 0 spiro atoms. The lowest BCUT2D eigenvalue weighted by atomic mass is 10.0. The summed E-state index contributed by atoms with van der Waals surface area (Å²) in [4.78, 5) is 44.5. The molecule has 0 rings (SSSR count). The fraction of sp³-hybridized carbons (Fsp3) is 0.778. The van der Waals surface area contributed by atoms with Crippen LogP contribution in [0.2, 0.25) is 0 Å². The van der Waals surface area contributed by atoms with Crippen LogP contribution in [0, 0.1) is 0 Å². The van der Waals surface area contributed by atoms with Gasteiger partial charge in [-0.15, -0.1) is 0 Å². The lowest BCUT2D eigenvalue weighted by Crippen LogP contribution is -2.43. The number of aliphatic carboxylic acids is 2. The number of rotatable bonds is 17. The van der Waals surface area contributed by atoms with Gasteiger partial charge in [-0.25, -0.2) is 0 Å². The van der Waals surface area contributed by atoms with Crippen LogP contribution >= 0.6 is 0 Å². The largest absolute Gasteiger partial charge is 0.481 e. The summed E-state index contributed by atoms with van der Waals surface area (Å²) in [5.74, 6) is -2.38. The van der Waals surface area contributed by atoms with Crippen molar-refractivity contribution in [2.24, 2.45) is 5.73 Å². The second-order valence-electron chi connectivity index (χ2n) is 6.45. The quantitative estimate of drug-likeness (QED) is 0.285. The van der Waals surface area contributed by atoms with Crippen molar-refractivity contribution in [2.45, 2.75) is 83.1 Å². The Hall–Kier alpha value is -1.96. The van der Waals surface area contributed by atoms with Crippen molar-refractivity contribution in [3.8, 4) is 0 Å². The van der Waals surface area contributed by atoms with Crippen molar-refractivity contribution < 1.29 is 29.4 Å². The number of hydrogen-bond donors (Lipinski definition) is 4. The fourth-order valence-corrected chi connectivity index (χ4v) is 2.61. The SMILES string of the molecule is NCC(=O)[C@H](CCC(=O)O)NC(=O)CCCCCCCCCCC(=O)O. The lowest BCUT2D eigenvalue weighted by molar-refractivity contribution is -0.138. The van der Waals surface area contributed by atoms with Gasteiger partial charge in [0.25, 0.3) is 0 Å². The van der Waals surface area contributed by atoms with Crippen molar-refractivity contribution in [3.05, 3.63) is 0 Å². The van der Waals surface area contributed by atoms with Gasteiger partial charge in [0, 0.05) is 19.3 Å². The first-order valence-electron chi connectivity index (χ1n) is 9.32. The molecule has 8 nitrogen and oxygen atoms in total. The molecular weight excluding hydrogens is 340 g/mol. The number of carbonyl (C=O) groups excluding carboxylic acids is 2. The first-order chi connectivity index (χ1) is 12.4. The van der Waals surface area contributed by atoms with E-state index in [1.54, 1.807) is 0 Å². The first-order valence-corrected chi connectivity index (χ1v) is 9.32. The molecule has 0 heterocycles. The molecule has 0 aliphatic heterocycles. The topological polar surface area (TPSA) is 147 Å². The third-order valence-electron chi connectivity index (χ3n) is 4.12. The number of nitrogens with two attached hydrogens (primary N) is 1. The third kappa shape index (κ3) is 14.4. The molecule has 0 aliphatic carbocycles. The second kappa shape index (κ2) is 15.3. The number of nitrogens with one attached hydrogen (secondary N) is 1. The van der Waals surface area contributed by atoms with E-state index in [1.807, 2.05) is 0 Å². The highest BCUT2D eigenvalue weighted by Gasteiger charge is 2.20. The highest BCUT2D eigenvalue weighted by Crippen LogP contribution is 2.11. The molecular formula is C18H32N2O6. The Kier molecular flexibility index (Phi) is 14.2. The van der Waals surface area contributed by atoms with E-state index in [-0.39, 0.29) is 37.5 Å². The number of ketones is 1. The Morgan fingerprint density at radius 1 is 0.731 bits per heavy atom. The monoisotopic (exact) mass is 372 g/mol. The van der Waals surface area contributed by atoms with Gasteiger partial charge in [0.2, 0.25) is 5.91 Å². The van der Waals surface area contributed by atoms with Gasteiger partial charge >= 0.3 is 11.9 Å². The minimum atomic E-state index is -1.02. The smallest absolute Gasteiger partial charge is 0.303 e. The summed E-state index contributed by atoms with van der Waals surface area (Å²) in [5.41, 5.74) is 5.29. The van der Waals surface area contributed by atoms with Gasteiger partial charge in [-0.2, -0.15) is 0 Å². The summed E-state index contributed by atoms with van der Waals surface area (Å²) >= 11 is 0. The molecule has 1 atom stereocenters. The number of carboxylic acids is 2. The second-order valence-corrected chi connectivity index (χ2v) is 6.45. The minimum absolute atomic E-state index is 0.0545. The van der Waals surface area contributed by atoms with Gasteiger partial charge in [0.05, 0.1) is 12.6 Å².